The average molecular weight is 286 g/mol. The van der Waals surface area contributed by atoms with Crippen LogP contribution in [0, 0.1) is 6.92 Å². The maximum atomic E-state index is 9.57. The maximum Gasteiger partial charge on any atom is 0.121 e. The third-order valence-corrected chi connectivity index (χ3v) is 7.57. The minimum Gasteiger partial charge on any atom is -0.496 e. The van der Waals surface area contributed by atoms with Gasteiger partial charge < -0.3 is 9.84 Å². The zero-order valence-electron chi connectivity index (χ0n) is 12.6. The van der Waals surface area contributed by atoms with E-state index >= 15 is 0 Å². The van der Waals surface area contributed by atoms with E-state index in [1.807, 2.05) is 18.2 Å². The lowest BCUT2D eigenvalue weighted by molar-refractivity contribution is 0.283. The Bertz CT molecular complexity index is 606. The Morgan fingerprint density at radius 1 is 1.10 bits per heavy atom. The van der Waals surface area contributed by atoms with Crippen molar-refractivity contribution >= 4 is 18.4 Å². The van der Waals surface area contributed by atoms with Gasteiger partial charge in [-0.25, -0.2) is 0 Å². The molecular weight excluding hydrogens is 264 g/mol. The van der Waals surface area contributed by atoms with Crippen molar-refractivity contribution in [1.29, 1.82) is 0 Å². The highest BCUT2D eigenvalue weighted by Crippen LogP contribution is 2.17. The van der Waals surface area contributed by atoms with Gasteiger partial charge in [-0.05, 0) is 29.3 Å². The van der Waals surface area contributed by atoms with Gasteiger partial charge in [0.05, 0.1) is 13.7 Å². The highest BCUT2D eigenvalue weighted by Gasteiger charge is 2.28. The first-order valence-corrected chi connectivity index (χ1v) is 9.85. The summed E-state index contributed by atoms with van der Waals surface area (Å²) in [5, 5.41) is 12.2. The van der Waals surface area contributed by atoms with Crippen LogP contribution in [0.15, 0.2) is 42.5 Å². The summed E-state index contributed by atoms with van der Waals surface area (Å²) in [4.78, 5) is 0. The average Bonchev–Trinajstić information content (AvgIpc) is 2.47. The summed E-state index contributed by atoms with van der Waals surface area (Å²) >= 11 is 0. The van der Waals surface area contributed by atoms with Gasteiger partial charge in [0.25, 0.3) is 0 Å². The molecule has 0 saturated carbocycles. The van der Waals surface area contributed by atoms with Crippen molar-refractivity contribution in [3.05, 3.63) is 53.6 Å². The molecule has 0 aliphatic rings. The summed E-state index contributed by atoms with van der Waals surface area (Å²) in [5.41, 5.74) is 2.20. The first-order chi connectivity index (χ1) is 9.50. The van der Waals surface area contributed by atoms with Crippen molar-refractivity contribution < 1.29 is 9.84 Å². The molecular formula is C17H22O2Si. The van der Waals surface area contributed by atoms with Crippen LogP contribution in [0.1, 0.15) is 11.1 Å². The predicted molar refractivity (Wildman–Crippen MR) is 86.8 cm³/mol. The molecule has 0 bridgehead atoms. The fraction of sp³-hybridized carbons (Fsp3) is 0.294. The number of aliphatic hydroxyl groups excluding tert-OH is 1. The fourth-order valence-corrected chi connectivity index (χ4v) is 5.56. The Hall–Kier alpha value is -1.58. The molecule has 0 fully saturated rings. The number of aliphatic hydroxyl groups is 1. The molecule has 2 nitrogen and oxygen atoms in total. The summed E-state index contributed by atoms with van der Waals surface area (Å²) in [7, 11) is -0.104. The van der Waals surface area contributed by atoms with Crippen LogP contribution in [0.3, 0.4) is 0 Å². The lowest BCUT2D eigenvalue weighted by atomic mass is 10.2. The molecule has 20 heavy (non-hydrogen) atoms. The van der Waals surface area contributed by atoms with E-state index in [0.29, 0.717) is 0 Å². The fourth-order valence-electron chi connectivity index (χ4n) is 2.69. The molecule has 0 radical (unpaired) electrons. The lowest BCUT2D eigenvalue weighted by Gasteiger charge is -2.26. The standard InChI is InChI=1S/C17H22O2Si/c1-13-11-15(9-10-16(13)19-2)20(3,4)17-8-6-5-7-14(17)12-18/h5-11,18H,12H2,1-4H3. The summed E-state index contributed by atoms with van der Waals surface area (Å²) in [6.07, 6.45) is 0. The van der Waals surface area contributed by atoms with Gasteiger partial charge >= 0.3 is 0 Å². The molecule has 0 heterocycles. The minimum absolute atomic E-state index is 0.0989. The van der Waals surface area contributed by atoms with Crippen LogP contribution in [-0.4, -0.2) is 20.3 Å². The van der Waals surface area contributed by atoms with Crippen LogP contribution < -0.4 is 15.1 Å². The molecule has 0 unspecified atom stereocenters. The van der Waals surface area contributed by atoms with Gasteiger partial charge in [0.15, 0.2) is 0 Å². The van der Waals surface area contributed by atoms with Gasteiger partial charge in [0.1, 0.15) is 13.8 Å². The summed E-state index contributed by atoms with van der Waals surface area (Å²) in [6, 6.07) is 14.6. The molecule has 0 aromatic heterocycles. The number of hydrogen-bond donors (Lipinski definition) is 1. The molecule has 2 rings (SSSR count). The zero-order chi connectivity index (χ0) is 14.8. The van der Waals surface area contributed by atoms with E-state index in [2.05, 4.69) is 44.3 Å². The van der Waals surface area contributed by atoms with Crippen LogP contribution in [-0.2, 0) is 6.61 Å². The van der Waals surface area contributed by atoms with E-state index in [9.17, 15) is 5.11 Å². The largest absolute Gasteiger partial charge is 0.496 e. The van der Waals surface area contributed by atoms with E-state index in [1.54, 1.807) is 7.11 Å². The Labute approximate surface area is 122 Å². The van der Waals surface area contributed by atoms with Crippen LogP contribution in [0.25, 0.3) is 0 Å². The second kappa shape index (κ2) is 5.81. The van der Waals surface area contributed by atoms with Crippen LogP contribution in [0.2, 0.25) is 13.1 Å². The Morgan fingerprint density at radius 3 is 2.40 bits per heavy atom. The molecule has 0 atom stereocenters. The van der Waals surface area contributed by atoms with Gasteiger partial charge in [-0.2, -0.15) is 0 Å². The molecule has 2 aromatic carbocycles. The zero-order valence-corrected chi connectivity index (χ0v) is 13.6. The van der Waals surface area contributed by atoms with Gasteiger partial charge in [0, 0.05) is 0 Å². The van der Waals surface area contributed by atoms with Crippen molar-refractivity contribution in [3.8, 4) is 5.75 Å². The highest BCUT2D eigenvalue weighted by molar-refractivity contribution is 7.00. The molecule has 106 valence electrons. The van der Waals surface area contributed by atoms with E-state index in [1.165, 1.54) is 10.4 Å². The van der Waals surface area contributed by atoms with E-state index < -0.39 is 8.07 Å². The van der Waals surface area contributed by atoms with Gasteiger partial charge in [-0.1, -0.05) is 54.7 Å². The van der Waals surface area contributed by atoms with E-state index in [0.717, 1.165) is 16.9 Å². The topological polar surface area (TPSA) is 29.5 Å². The summed E-state index contributed by atoms with van der Waals surface area (Å²) in [6.45, 7) is 6.82. The van der Waals surface area contributed by atoms with Crippen LogP contribution in [0.4, 0.5) is 0 Å². The van der Waals surface area contributed by atoms with Crippen molar-refractivity contribution in [2.24, 2.45) is 0 Å². The molecule has 2 aromatic rings. The van der Waals surface area contributed by atoms with Crippen LogP contribution >= 0.6 is 0 Å². The highest BCUT2D eigenvalue weighted by atomic mass is 28.3. The number of hydrogen-bond acceptors (Lipinski definition) is 2. The SMILES string of the molecule is COc1ccc([Si](C)(C)c2ccccc2CO)cc1C. The molecule has 0 spiro atoms. The van der Waals surface area contributed by atoms with Gasteiger partial charge in [-0.3, -0.25) is 0 Å². The molecule has 0 amide bonds. The molecule has 3 heteroatoms. The number of benzene rings is 2. The van der Waals surface area contributed by atoms with Crippen LogP contribution in [0.5, 0.6) is 5.75 Å². The normalized spacial score (nSPS) is 11.4. The maximum absolute atomic E-state index is 9.57. The number of rotatable bonds is 4. The van der Waals surface area contributed by atoms with Gasteiger partial charge in [0.2, 0.25) is 0 Å². The summed E-state index contributed by atoms with van der Waals surface area (Å²) in [5.74, 6) is 0.925. The Morgan fingerprint density at radius 2 is 1.80 bits per heavy atom. The van der Waals surface area contributed by atoms with E-state index in [4.69, 9.17) is 4.74 Å². The Balaban J connectivity index is 2.51. The number of aryl methyl sites for hydroxylation is 1. The summed E-state index contributed by atoms with van der Waals surface area (Å²) < 4.78 is 5.34. The van der Waals surface area contributed by atoms with Crippen molar-refractivity contribution in [3.63, 3.8) is 0 Å². The first-order valence-electron chi connectivity index (χ1n) is 6.85. The predicted octanol–water partition coefficient (Wildman–Crippen LogP) is 2.32. The third-order valence-electron chi connectivity index (χ3n) is 3.98. The number of ether oxygens (including phenoxy) is 1. The molecule has 0 aliphatic carbocycles. The number of methoxy groups -OCH3 is 1. The van der Waals surface area contributed by atoms with Crippen molar-refractivity contribution in [1.82, 2.24) is 0 Å². The second-order valence-electron chi connectivity index (χ2n) is 5.62. The second-order valence-corrected chi connectivity index (χ2v) is 9.99. The lowest BCUT2D eigenvalue weighted by Crippen LogP contribution is -2.54. The molecule has 0 saturated heterocycles. The quantitative estimate of drug-likeness (QED) is 0.874. The Kier molecular flexibility index (Phi) is 4.31. The smallest absolute Gasteiger partial charge is 0.121 e. The first kappa shape index (κ1) is 14.8. The van der Waals surface area contributed by atoms with Crippen molar-refractivity contribution in [2.75, 3.05) is 7.11 Å². The monoisotopic (exact) mass is 286 g/mol. The molecule has 1 N–H and O–H groups in total. The van der Waals surface area contributed by atoms with Gasteiger partial charge in [-0.15, -0.1) is 0 Å². The molecule has 0 aliphatic heterocycles. The van der Waals surface area contributed by atoms with E-state index in [-0.39, 0.29) is 6.61 Å². The third kappa shape index (κ3) is 2.64. The minimum atomic E-state index is -1.80. The van der Waals surface area contributed by atoms with Crippen molar-refractivity contribution in [2.45, 2.75) is 26.6 Å².